The molecule has 1 aliphatic carbocycles. The second kappa shape index (κ2) is 5.83. The summed E-state index contributed by atoms with van der Waals surface area (Å²) in [5, 5.41) is 15.8. The minimum absolute atomic E-state index is 0.0255. The van der Waals surface area contributed by atoms with Crippen molar-refractivity contribution in [3.8, 4) is 0 Å². The molecule has 0 saturated heterocycles. The van der Waals surface area contributed by atoms with Crippen molar-refractivity contribution in [3.05, 3.63) is 75.3 Å². The summed E-state index contributed by atoms with van der Waals surface area (Å²) in [6.45, 7) is 0. The van der Waals surface area contributed by atoms with Gasteiger partial charge in [0.15, 0.2) is 0 Å². The van der Waals surface area contributed by atoms with Gasteiger partial charge in [-0.05, 0) is 47.2 Å². The number of carboxylic acids is 1. The molecule has 122 valence electrons. The molecule has 0 fully saturated rings. The van der Waals surface area contributed by atoms with Crippen LogP contribution in [0.3, 0.4) is 0 Å². The van der Waals surface area contributed by atoms with Crippen LogP contribution in [0.25, 0.3) is 0 Å². The van der Waals surface area contributed by atoms with E-state index in [4.69, 9.17) is 23.2 Å². The number of hydrogen-bond acceptors (Lipinski definition) is 3. The van der Waals surface area contributed by atoms with Gasteiger partial charge < -0.3 is 15.2 Å². The molecule has 1 heterocycles. The van der Waals surface area contributed by atoms with Gasteiger partial charge >= 0.3 is 0 Å². The van der Waals surface area contributed by atoms with Crippen LogP contribution in [-0.4, -0.2) is 5.97 Å². The highest BCUT2D eigenvalue weighted by Crippen LogP contribution is 2.51. The summed E-state index contributed by atoms with van der Waals surface area (Å²) >= 11 is 12.6. The quantitative estimate of drug-likeness (QED) is 0.819. The second-order valence-electron chi connectivity index (χ2n) is 6.21. The lowest BCUT2D eigenvalue weighted by atomic mass is 9.76. The Bertz CT molecular complexity index is 862. The maximum absolute atomic E-state index is 11.2. The number of anilines is 1. The topological polar surface area (TPSA) is 52.2 Å². The van der Waals surface area contributed by atoms with E-state index in [9.17, 15) is 9.90 Å². The summed E-state index contributed by atoms with van der Waals surface area (Å²) in [4.78, 5) is 11.2. The molecule has 3 nitrogen and oxygen atoms in total. The molecular formula is C19H14Cl2NO2-. The van der Waals surface area contributed by atoms with E-state index < -0.39 is 5.97 Å². The Balaban J connectivity index is 1.81. The molecule has 0 unspecified atom stereocenters. The van der Waals surface area contributed by atoms with Gasteiger partial charge in [-0.3, -0.25) is 0 Å². The van der Waals surface area contributed by atoms with Crippen LogP contribution in [-0.2, 0) is 0 Å². The molecule has 1 aliphatic heterocycles. The molecule has 2 aliphatic rings. The van der Waals surface area contributed by atoms with Gasteiger partial charge in [0.05, 0.1) is 22.1 Å². The zero-order valence-electron chi connectivity index (χ0n) is 12.6. The Morgan fingerprint density at radius 2 is 2.00 bits per heavy atom. The molecule has 24 heavy (non-hydrogen) atoms. The fraction of sp³-hybridized carbons (Fsp3) is 0.211. The third kappa shape index (κ3) is 2.40. The van der Waals surface area contributed by atoms with Gasteiger partial charge in [-0.1, -0.05) is 53.6 Å². The van der Waals surface area contributed by atoms with E-state index in [0.717, 1.165) is 23.2 Å². The summed E-state index contributed by atoms with van der Waals surface area (Å²) in [6.07, 6.45) is 5.19. The Kier molecular flexibility index (Phi) is 3.78. The molecule has 5 heteroatoms. The normalized spacial score (nSPS) is 24.2. The van der Waals surface area contributed by atoms with E-state index in [0.29, 0.717) is 10.0 Å². The van der Waals surface area contributed by atoms with E-state index in [1.54, 1.807) is 24.3 Å². The van der Waals surface area contributed by atoms with Gasteiger partial charge in [0.25, 0.3) is 0 Å². The van der Waals surface area contributed by atoms with Gasteiger partial charge in [0, 0.05) is 11.6 Å². The smallest absolute Gasteiger partial charge is 0.0715 e. The van der Waals surface area contributed by atoms with Crippen molar-refractivity contribution in [1.29, 1.82) is 0 Å². The Hall–Kier alpha value is -1.97. The van der Waals surface area contributed by atoms with Crippen molar-refractivity contribution in [2.45, 2.75) is 18.4 Å². The number of benzene rings is 2. The molecule has 2 aromatic carbocycles. The van der Waals surface area contributed by atoms with Crippen LogP contribution in [0.1, 0.15) is 39.9 Å². The summed E-state index contributed by atoms with van der Waals surface area (Å²) in [5.74, 6) is -0.734. The van der Waals surface area contributed by atoms with Gasteiger partial charge in [0.2, 0.25) is 0 Å². The number of halogens is 2. The molecule has 0 saturated carbocycles. The number of allylic oxidation sites excluding steroid dienone is 2. The zero-order chi connectivity index (χ0) is 16.8. The molecule has 2 aromatic rings. The zero-order valence-corrected chi connectivity index (χ0v) is 14.1. The van der Waals surface area contributed by atoms with E-state index in [2.05, 4.69) is 17.5 Å². The Morgan fingerprint density at radius 1 is 1.17 bits per heavy atom. The van der Waals surface area contributed by atoms with Crippen LogP contribution in [0, 0.1) is 5.92 Å². The van der Waals surface area contributed by atoms with Crippen molar-refractivity contribution < 1.29 is 9.90 Å². The molecule has 0 bridgehead atoms. The lowest BCUT2D eigenvalue weighted by Crippen LogP contribution is -2.30. The van der Waals surface area contributed by atoms with Crippen molar-refractivity contribution >= 4 is 34.9 Å². The molecule has 3 atom stereocenters. The third-order valence-electron chi connectivity index (χ3n) is 4.92. The maximum atomic E-state index is 11.2. The highest BCUT2D eigenvalue weighted by Gasteiger charge is 2.38. The van der Waals surface area contributed by atoms with E-state index in [-0.39, 0.29) is 23.4 Å². The third-order valence-corrected chi connectivity index (χ3v) is 5.75. The first kappa shape index (κ1) is 15.6. The number of fused-ring (bicyclic) bond motifs is 3. The maximum Gasteiger partial charge on any atom is 0.0715 e. The van der Waals surface area contributed by atoms with Gasteiger partial charge in [-0.15, -0.1) is 0 Å². The van der Waals surface area contributed by atoms with Gasteiger partial charge in [-0.2, -0.15) is 0 Å². The summed E-state index contributed by atoms with van der Waals surface area (Å²) in [5.41, 5.74) is 3.09. The van der Waals surface area contributed by atoms with Crippen LogP contribution in [0.4, 0.5) is 5.69 Å². The number of rotatable bonds is 2. The monoisotopic (exact) mass is 358 g/mol. The molecule has 4 rings (SSSR count). The van der Waals surface area contributed by atoms with Crippen molar-refractivity contribution in [2.24, 2.45) is 5.92 Å². The largest absolute Gasteiger partial charge is 0.545 e. The summed E-state index contributed by atoms with van der Waals surface area (Å²) < 4.78 is 0. The summed E-state index contributed by atoms with van der Waals surface area (Å²) in [7, 11) is 0. The average molecular weight is 359 g/mol. The molecule has 1 N–H and O–H groups in total. The minimum atomic E-state index is -1.16. The van der Waals surface area contributed by atoms with Crippen LogP contribution in [0.5, 0.6) is 0 Å². The SMILES string of the molecule is O=C([O-])c1ccc2c(c1)[C@H]1C=CC[C@H]1[C@H](c1cccc(Cl)c1Cl)N2. The average Bonchev–Trinajstić information content (AvgIpc) is 3.06. The first-order valence-electron chi connectivity index (χ1n) is 7.78. The number of aromatic carboxylic acids is 1. The van der Waals surface area contributed by atoms with Gasteiger partial charge in [-0.25, -0.2) is 0 Å². The number of nitrogens with one attached hydrogen (secondary N) is 1. The number of hydrogen-bond donors (Lipinski definition) is 1. The van der Waals surface area contributed by atoms with Crippen LogP contribution in [0.2, 0.25) is 10.0 Å². The standard InChI is InChI=1S/C19H15Cl2NO2/c20-15-6-2-5-13(17(15)21)18-12-4-1-3-11(12)14-9-10(19(23)24)7-8-16(14)22-18/h1-3,5-9,11-12,18,22H,4H2,(H,23,24)/p-1/t11-,12+,18+/m0/s1. The second-order valence-corrected chi connectivity index (χ2v) is 6.99. The Labute approximate surface area is 149 Å². The first-order chi connectivity index (χ1) is 11.6. The Morgan fingerprint density at radius 3 is 2.79 bits per heavy atom. The van der Waals surface area contributed by atoms with E-state index >= 15 is 0 Å². The van der Waals surface area contributed by atoms with Crippen LogP contribution < -0.4 is 10.4 Å². The highest BCUT2D eigenvalue weighted by atomic mass is 35.5. The molecule has 0 amide bonds. The molecule has 0 spiro atoms. The highest BCUT2D eigenvalue weighted by molar-refractivity contribution is 6.42. The van der Waals surface area contributed by atoms with Crippen LogP contribution in [0.15, 0.2) is 48.6 Å². The van der Waals surface area contributed by atoms with Crippen LogP contribution >= 0.6 is 23.2 Å². The minimum Gasteiger partial charge on any atom is -0.545 e. The fourth-order valence-electron chi connectivity index (χ4n) is 3.79. The van der Waals surface area contributed by atoms with E-state index in [1.807, 2.05) is 12.1 Å². The fourth-order valence-corrected chi connectivity index (χ4v) is 4.22. The van der Waals surface area contributed by atoms with Crippen molar-refractivity contribution in [3.63, 3.8) is 0 Å². The van der Waals surface area contributed by atoms with E-state index in [1.165, 1.54) is 0 Å². The number of carbonyl (C=O) groups excluding carboxylic acids is 1. The molecular weight excluding hydrogens is 345 g/mol. The first-order valence-corrected chi connectivity index (χ1v) is 8.54. The molecule has 0 radical (unpaired) electrons. The summed E-state index contributed by atoms with van der Waals surface area (Å²) in [6, 6.07) is 10.8. The number of carbonyl (C=O) groups is 1. The lowest BCUT2D eigenvalue weighted by Gasteiger charge is -2.38. The predicted octanol–water partition coefficient (Wildman–Crippen LogP) is 4.18. The lowest BCUT2D eigenvalue weighted by molar-refractivity contribution is -0.255. The van der Waals surface area contributed by atoms with Crippen molar-refractivity contribution in [2.75, 3.05) is 5.32 Å². The van der Waals surface area contributed by atoms with Gasteiger partial charge in [0.1, 0.15) is 0 Å². The van der Waals surface area contributed by atoms with Crippen molar-refractivity contribution in [1.82, 2.24) is 0 Å². The number of carboxylic acid groups (broad SMARTS) is 1. The molecule has 0 aromatic heterocycles. The predicted molar refractivity (Wildman–Crippen MR) is 93.6 cm³/mol.